The molecule has 0 saturated carbocycles. The number of benzene rings is 3. The van der Waals surface area contributed by atoms with Gasteiger partial charge in [0.25, 0.3) is 0 Å². The number of para-hydroxylation sites is 1. The molecule has 0 radical (unpaired) electrons. The van der Waals surface area contributed by atoms with E-state index in [0.717, 1.165) is 12.1 Å². The Morgan fingerprint density at radius 3 is 2.36 bits per heavy atom. The van der Waals surface area contributed by atoms with E-state index in [1.807, 2.05) is 0 Å². The van der Waals surface area contributed by atoms with Crippen molar-refractivity contribution in [1.82, 2.24) is 15.5 Å². The van der Waals surface area contributed by atoms with Gasteiger partial charge >= 0.3 is 12.2 Å². The maximum Gasteiger partial charge on any atom is 0.416 e. The van der Waals surface area contributed by atoms with E-state index in [-0.39, 0.29) is 28.5 Å². The van der Waals surface area contributed by atoms with Crippen LogP contribution in [0.2, 0.25) is 5.02 Å². The fourth-order valence-corrected chi connectivity index (χ4v) is 4.47. The van der Waals surface area contributed by atoms with Crippen molar-refractivity contribution in [3.05, 3.63) is 124 Å². The van der Waals surface area contributed by atoms with E-state index in [2.05, 4.69) is 20.8 Å². The Balaban J connectivity index is 1.67. The molecule has 0 bridgehead atoms. The molecule has 6 nitrogen and oxygen atoms in total. The number of amides is 2. The molecule has 2 N–H and O–H groups in total. The molecule has 3 aromatic carbocycles. The quantitative estimate of drug-likeness (QED) is 0.215. The normalized spacial score (nSPS) is 13.2. The number of anilines is 1. The maximum atomic E-state index is 14.7. The highest BCUT2D eigenvalue weighted by Gasteiger charge is 2.41. The fourth-order valence-electron chi connectivity index (χ4n) is 4.36. The molecule has 11 heteroatoms. The van der Waals surface area contributed by atoms with Crippen molar-refractivity contribution in [2.45, 2.75) is 18.1 Å². The Bertz CT molecular complexity index is 1620. The summed E-state index contributed by atoms with van der Waals surface area (Å²) in [5.41, 5.74) is -1.96. The molecule has 198 valence electrons. The van der Waals surface area contributed by atoms with Gasteiger partial charge in [0.05, 0.1) is 21.7 Å². The first kappa shape index (κ1) is 26.2. The molecule has 5 aromatic rings. The van der Waals surface area contributed by atoms with Gasteiger partial charge in [-0.1, -0.05) is 59.2 Å². The summed E-state index contributed by atoms with van der Waals surface area (Å²) in [7, 11) is 0. The summed E-state index contributed by atoms with van der Waals surface area (Å²) in [6.45, 7) is 0. The van der Waals surface area contributed by atoms with Gasteiger partial charge in [0.15, 0.2) is 11.4 Å². The Morgan fingerprint density at radius 1 is 0.923 bits per heavy atom. The monoisotopic (exact) mass is 554 g/mol. The van der Waals surface area contributed by atoms with Crippen molar-refractivity contribution >= 4 is 34.4 Å². The zero-order valence-corrected chi connectivity index (χ0v) is 20.7. The van der Waals surface area contributed by atoms with E-state index >= 15 is 0 Å². The lowest BCUT2D eigenvalue weighted by Crippen LogP contribution is -2.51. The number of pyridine rings is 1. The minimum atomic E-state index is -4.84. The van der Waals surface area contributed by atoms with Crippen molar-refractivity contribution in [3.63, 3.8) is 0 Å². The average Bonchev–Trinajstić information content (AvgIpc) is 3.31. The predicted octanol–water partition coefficient (Wildman–Crippen LogP) is 7.34. The lowest BCUT2D eigenvalue weighted by Gasteiger charge is -2.35. The van der Waals surface area contributed by atoms with E-state index in [4.69, 9.17) is 16.1 Å². The van der Waals surface area contributed by atoms with Crippen molar-refractivity contribution in [2.24, 2.45) is 0 Å². The van der Waals surface area contributed by atoms with Crippen LogP contribution >= 0.6 is 11.6 Å². The van der Waals surface area contributed by atoms with Crippen LogP contribution < -0.4 is 10.6 Å². The smallest absolute Gasteiger partial charge is 0.354 e. The van der Waals surface area contributed by atoms with E-state index in [0.29, 0.717) is 22.6 Å². The third kappa shape index (κ3) is 5.56. The summed E-state index contributed by atoms with van der Waals surface area (Å²) >= 11 is 6.04. The van der Waals surface area contributed by atoms with Crippen LogP contribution in [-0.2, 0) is 18.1 Å². The van der Waals surface area contributed by atoms with Crippen LogP contribution in [0.3, 0.4) is 0 Å². The summed E-state index contributed by atoms with van der Waals surface area (Å²) in [4.78, 5) is 17.8. The number of halogens is 5. The highest BCUT2D eigenvalue weighted by molar-refractivity contribution is 6.30. The van der Waals surface area contributed by atoms with Gasteiger partial charge in [-0.15, -0.1) is 0 Å². The number of fused-ring (bicyclic) bond motifs is 1. The molecular weight excluding hydrogens is 536 g/mol. The third-order valence-corrected chi connectivity index (χ3v) is 6.35. The molecule has 0 fully saturated rings. The molecule has 2 heterocycles. The second kappa shape index (κ2) is 10.4. The zero-order chi connectivity index (χ0) is 27.6. The zero-order valence-electron chi connectivity index (χ0n) is 20.0. The molecule has 5 rings (SSSR count). The molecule has 39 heavy (non-hydrogen) atoms. The molecule has 1 atom stereocenters. The van der Waals surface area contributed by atoms with Crippen molar-refractivity contribution in [1.29, 1.82) is 0 Å². The summed E-state index contributed by atoms with van der Waals surface area (Å²) in [5, 5.41) is 10.0. The molecular formula is C28H19ClF4N4O2. The first-order valence-electron chi connectivity index (χ1n) is 11.6. The molecule has 0 spiro atoms. The highest BCUT2D eigenvalue weighted by atomic mass is 35.5. The fraction of sp³-hybridized carbons (Fsp3) is 0.107. The van der Waals surface area contributed by atoms with E-state index in [1.165, 1.54) is 18.3 Å². The standard InChI is InChI=1S/C28H19ClF4N4O2/c29-20-10-11-24(34-16-20)27(15-17-6-2-1-3-7-17,18-12-19(28(31,32)33)14-21(30)13-18)36-26(38)35-25-22-8-4-5-9-23(22)39-37-25/h1-14,16H,15H2,(H2,35,36,37,38)/t27-/m1/s1. The minimum absolute atomic E-state index is 0.0732. The molecule has 0 aliphatic carbocycles. The molecule has 0 aliphatic rings. The van der Waals surface area contributed by atoms with Gasteiger partial charge in [-0.2, -0.15) is 13.2 Å². The van der Waals surface area contributed by atoms with E-state index < -0.39 is 29.1 Å². The van der Waals surface area contributed by atoms with Crippen LogP contribution in [0, 0.1) is 5.82 Å². The van der Waals surface area contributed by atoms with Crippen LogP contribution in [0.15, 0.2) is 95.6 Å². The van der Waals surface area contributed by atoms with Crippen molar-refractivity contribution in [2.75, 3.05) is 5.32 Å². The van der Waals surface area contributed by atoms with Gasteiger partial charge in [-0.3, -0.25) is 10.3 Å². The molecule has 0 unspecified atom stereocenters. The Labute approximate surface area is 224 Å². The first-order valence-corrected chi connectivity index (χ1v) is 12.0. The number of urea groups is 1. The maximum absolute atomic E-state index is 14.7. The van der Waals surface area contributed by atoms with Gasteiger partial charge in [0, 0.05) is 12.6 Å². The number of alkyl halides is 3. The predicted molar refractivity (Wildman–Crippen MR) is 138 cm³/mol. The molecule has 2 amide bonds. The van der Waals surface area contributed by atoms with Crippen LogP contribution in [0.1, 0.15) is 22.4 Å². The van der Waals surface area contributed by atoms with E-state index in [9.17, 15) is 22.4 Å². The SMILES string of the molecule is O=C(Nc1noc2ccccc12)N[C@](Cc1ccccc1)(c1cc(F)cc(C(F)(F)F)c1)c1ccc(Cl)cn1. The van der Waals surface area contributed by atoms with Crippen LogP contribution in [0.4, 0.5) is 28.2 Å². The topological polar surface area (TPSA) is 80.0 Å². The van der Waals surface area contributed by atoms with Gasteiger partial charge < -0.3 is 9.84 Å². The van der Waals surface area contributed by atoms with Gasteiger partial charge in [-0.25, -0.2) is 9.18 Å². The van der Waals surface area contributed by atoms with Gasteiger partial charge in [-0.05, 0) is 53.6 Å². The van der Waals surface area contributed by atoms with Crippen LogP contribution in [0.25, 0.3) is 11.0 Å². The lowest BCUT2D eigenvalue weighted by atomic mass is 9.80. The van der Waals surface area contributed by atoms with Crippen molar-refractivity contribution in [3.8, 4) is 0 Å². The largest absolute Gasteiger partial charge is 0.416 e. The second-order valence-corrected chi connectivity index (χ2v) is 9.20. The molecule has 2 aromatic heterocycles. The average molecular weight is 555 g/mol. The lowest BCUT2D eigenvalue weighted by molar-refractivity contribution is -0.137. The summed E-state index contributed by atoms with van der Waals surface area (Å²) in [6.07, 6.45) is -3.62. The summed E-state index contributed by atoms with van der Waals surface area (Å²) in [5.74, 6) is -1.04. The molecule has 0 saturated heterocycles. The number of carbonyl (C=O) groups is 1. The number of rotatable bonds is 6. The molecule has 0 aliphatic heterocycles. The summed E-state index contributed by atoms with van der Waals surface area (Å²) in [6, 6.07) is 19.8. The number of nitrogens with one attached hydrogen (secondary N) is 2. The van der Waals surface area contributed by atoms with Crippen LogP contribution in [-0.4, -0.2) is 16.2 Å². The van der Waals surface area contributed by atoms with E-state index in [1.54, 1.807) is 54.6 Å². The van der Waals surface area contributed by atoms with Crippen LogP contribution in [0.5, 0.6) is 0 Å². The second-order valence-electron chi connectivity index (χ2n) is 8.76. The number of carbonyl (C=O) groups excluding carboxylic acids is 1. The highest BCUT2D eigenvalue weighted by Crippen LogP contribution is 2.38. The Kier molecular flexibility index (Phi) is 6.96. The van der Waals surface area contributed by atoms with Crippen molar-refractivity contribution < 1.29 is 26.9 Å². The number of nitrogens with zero attached hydrogens (tertiary/aromatic N) is 2. The Morgan fingerprint density at radius 2 is 1.64 bits per heavy atom. The third-order valence-electron chi connectivity index (χ3n) is 6.13. The minimum Gasteiger partial charge on any atom is -0.354 e. The van der Waals surface area contributed by atoms with Gasteiger partial charge in [0.1, 0.15) is 11.4 Å². The number of aromatic nitrogens is 2. The summed E-state index contributed by atoms with van der Waals surface area (Å²) < 4.78 is 61.3. The van der Waals surface area contributed by atoms with Gasteiger partial charge in [0.2, 0.25) is 0 Å². The number of hydrogen-bond donors (Lipinski definition) is 2. The Hall–Kier alpha value is -4.44. The first-order chi connectivity index (χ1) is 18.6. The number of hydrogen-bond acceptors (Lipinski definition) is 4.